The first-order valence-electron chi connectivity index (χ1n) is 10.4. The zero-order chi connectivity index (χ0) is 25.0. The van der Waals surface area contributed by atoms with Gasteiger partial charge in [-0.25, -0.2) is 21.1 Å². The molecule has 2 aromatic rings. The fraction of sp³-hybridized carbons (Fsp3) is 0.409. The first-order chi connectivity index (χ1) is 15.3. The van der Waals surface area contributed by atoms with E-state index in [0.29, 0.717) is 29.2 Å². The minimum Gasteiger partial charge on any atom is -0.494 e. The lowest BCUT2D eigenvalue weighted by Crippen LogP contribution is -2.38. The smallest absolute Gasteiger partial charge is 0.243 e. The zero-order valence-electron chi connectivity index (χ0n) is 19.7. The third-order valence-corrected chi connectivity index (χ3v) is 8.75. The molecule has 0 saturated carbocycles. The molecule has 0 unspecified atom stereocenters. The predicted octanol–water partition coefficient (Wildman–Crippen LogP) is 2.60. The van der Waals surface area contributed by atoms with Crippen LogP contribution in [0.3, 0.4) is 0 Å². The van der Waals surface area contributed by atoms with Crippen LogP contribution >= 0.6 is 0 Å². The minimum atomic E-state index is -3.93. The van der Waals surface area contributed by atoms with Gasteiger partial charge in [0, 0.05) is 26.3 Å². The molecule has 1 N–H and O–H groups in total. The predicted molar refractivity (Wildman–Crippen MR) is 127 cm³/mol. The van der Waals surface area contributed by atoms with Crippen LogP contribution in [0.1, 0.15) is 25.0 Å². The Morgan fingerprint density at radius 2 is 1.52 bits per heavy atom. The number of nitrogens with zero attached hydrogens (tertiary/aromatic N) is 2. The van der Waals surface area contributed by atoms with Crippen LogP contribution in [0.2, 0.25) is 0 Å². The maximum absolute atomic E-state index is 13.1. The normalized spacial score (nSPS) is 12.2. The van der Waals surface area contributed by atoms with Crippen LogP contribution < -0.4 is 10.1 Å². The maximum Gasteiger partial charge on any atom is 0.243 e. The van der Waals surface area contributed by atoms with Crippen molar-refractivity contribution in [2.75, 3.05) is 39.1 Å². The van der Waals surface area contributed by atoms with E-state index in [1.54, 1.807) is 32.9 Å². The van der Waals surface area contributed by atoms with E-state index in [-0.39, 0.29) is 16.3 Å². The Bertz CT molecular complexity index is 1220. The number of nitrogens with one attached hydrogen (secondary N) is 1. The quantitative estimate of drug-likeness (QED) is 0.540. The molecule has 0 radical (unpaired) electrons. The molecule has 33 heavy (non-hydrogen) atoms. The van der Waals surface area contributed by atoms with E-state index >= 15 is 0 Å². The Kier molecular flexibility index (Phi) is 8.63. The van der Waals surface area contributed by atoms with Gasteiger partial charge in [0.25, 0.3) is 0 Å². The highest BCUT2D eigenvalue weighted by atomic mass is 32.2. The summed E-state index contributed by atoms with van der Waals surface area (Å²) < 4.78 is 58.6. The fourth-order valence-corrected chi connectivity index (χ4v) is 5.49. The van der Waals surface area contributed by atoms with E-state index in [2.05, 4.69) is 5.32 Å². The SMILES string of the molecule is CCOc1ccc(S(=O)(=O)N(CC)CC(=O)Nc2cc(S(=O)(=O)N(C)C)ccc2C)cc1C. The lowest BCUT2D eigenvalue weighted by molar-refractivity contribution is -0.116. The van der Waals surface area contributed by atoms with Gasteiger partial charge in [-0.05, 0) is 62.2 Å². The summed E-state index contributed by atoms with van der Waals surface area (Å²) in [6.07, 6.45) is 0. The number of hydrogen-bond acceptors (Lipinski definition) is 6. The van der Waals surface area contributed by atoms with Gasteiger partial charge in [0.1, 0.15) is 5.75 Å². The highest BCUT2D eigenvalue weighted by molar-refractivity contribution is 7.89. The second-order valence-electron chi connectivity index (χ2n) is 7.60. The number of sulfonamides is 2. The van der Waals surface area contributed by atoms with Crippen molar-refractivity contribution >= 4 is 31.6 Å². The molecule has 0 saturated heterocycles. The lowest BCUT2D eigenvalue weighted by Gasteiger charge is -2.21. The number of anilines is 1. The van der Waals surface area contributed by atoms with Gasteiger partial charge in [-0.3, -0.25) is 4.79 Å². The van der Waals surface area contributed by atoms with Crippen LogP contribution in [0.15, 0.2) is 46.2 Å². The van der Waals surface area contributed by atoms with Crippen LogP contribution in [0.4, 0.5) is 5.69 Å². The van der Waals surface area contributed by atoms with Crippen molar-refractivity contribution in [2.24, 2.45) is 0 Å². The summed E-state index contributed by atoms with van der Waals surface area (Å²) in [5, 5.41) is 2.64. The van der Waals surface area contributed by atoms with E-state index in [0.717, 1.165) is 8.61 Å². The van der Waals surface area contributed by atoms with Gasteiger partial charge in [-0.2, -0.15) is 4.31 Å². The maximum atomic E-state index is 13.1. The summed E-state index contributed by atoms with van der Waals surface area (Å²) in [4.78, 5) is 12.8. The molecule has 9 nitrogen and oxygen atoms in total. The Morgan fingerprint density at radius 1 is 0.909 bits per heavy atom. The van der Waals surface area contributed by atoms with Gasteiger partial charge in [-0.1, -0.05) is 13.0 Å². The fourth-order valence-electron chi connectivity index (χ4n) is 3.07. The highest BCUT2D eigenvalue weighted by Crippen LogP contribution is 2.25. The largest absolute Gasteiger partial charge is 0.494 e. The van der Waals surface area contributed by atoms with E-state index in [1.165, 1.54) is 38.4 Å². The number of benzene rings is 2. The molecule has 0 atom stereocenters. The van der Waals surface area contributed by atoms with Crippen LogP contribution in [-0.2, 0) is 24.8 Å². The average Bonchev–Trinajstić information content (AvgIpc) is 2.74. The zero-order valence-corrected chi connectivity index (χ0v) is 21.4. The number of hydrogen-bond donors (Lipinski definition) is 1. The second kappa shape index (κ2) is 10.6. The molecule has 1 amide bonds. The standard InChI is InChI=1S/C22H31N3O6S2/c1-7-25(33(29,30)18-11-12-21(31-8-2)17(4)13-18)15-22(26)23-20-14-19(10-9-16(20)3)32(27,28)24(5)6/h9-14H,7-8,15H2,1-6H3,(H,23,26). The number of carbonyl (C=O) groups excluding carboxylic acids is 1. The van der Waals surface area contributed by atoms with Gasteiger partial charge < -0.3 is 10.1 Å². The van der Waals surface area contributed by atoms with Crippen molar-refractivity contribution < 1.29 is 26.4 Å². The number of rotatable bonds is 10. The molecule has 182 valence electrons. The summed E-state index contributed by atoms with van der Waals surface area (Å²) in [6.45, 7) is 7.08. The molecule has 11 heteroatoms. The number of amides is 1. The van der Waals surface area contributed by atoms with Crippen LogP contribution in [-0.4, -0.2) is 65.1 Å². The van der Waals surface area contributed by atoms with Crippen LogP contribution in [0.25, 0.3) is 0 Å². The average molecular weight is 498 g/mol. The van der Waals surface area contributed by atoms with E-state index < -0.39 is 32.5 Å². The minimum absolute atomic E-state index is 0.0261. The first kappa shape index (κ1) is 26.8. The molecule has 0 aliphatic rings. The lowest BCUT2D eigenvalue weighted by atomic mass is 10.2. The molecule has 0 aromatic heterocycles. The molecule has 0 fully saturated rings. The van der Waals surface area contributed by atoms with Crippen molar-refractivity contribution in [1.82, 2.24) is 8.61 Å². The van der Waals surface area contributed by atoms with Gasteiger partial charge in [0.2, 0.25) is 26.0 Å². The Morgan fingerprint density at radius 3 is 2.06 bits per heavy atom. The number of carbonyl (C=O) groups is 1. The third kappa shape index (κ3) is 6.11. The summed E-state index contributed by atoms with van der Waals surface area (Å²) >= 11 is 0. The number of ether oxygens (including phenoxy) is 1. The number of aryl methyl sites for hydroxylation is 2. The second-order valence-corrected chi connectivity index (χ2v) is 11.7. The Labute approximate surface area is 196 Å². The molecule has 0 aliphatic heterocycles. The highest BCUT2D eigenvalue weighted by Gasteiger charge is 2.26. The van der Waals surface area contributed by atoms with Gasteiger partial charge in [-0.15, -0.1) is 0 Å². The molecule has 0 heterocycles. The molecular weight excluding hydrogens is 466 g/mol. The molecule has 0 spiro atoms. The van der Waals surface area contributed by atoms with Crippen molar-refractivity contribution in [1.29, 1.82) is 0 Å². The molecule has 2 rings (SSSR count). The molecule has 0 aliphatic carbocycles. The summed E-state index contributed by atoms with van der Waals surface area (Å²) in [5.41, 5.74) is 1.62. The summed E-state index contributed by atoms with van der Waals surface area (Å²) in [7, 11) is -4.78. The van der Waals surface area contributed by atoms with Gasteiger partial charge in [0.05, 0.1) is 22.9 Å². The molecule has 0 bridgehead atoms. The van der Waals surface area contributed by atoms with Crippen molar-refractivity contribution in [3.05, 3.63) is 47.5 Å². The van der Waals surface area contributed by atoms with Crippen molar-refractivity contribution in [3.8, 4) is 5.75 Å². The third-order valence-electron chi connectivity index (χ3n) is 5.02. The van der Waals surface area contributed by atoms with E-state index in [9.17, 15) is 21.6 Å². The summed E-state index contributed by atoms with van der Waals surface area (Å²) in [5.74, 6) is 0.0193. The number of likely N-dealkylation sites (N-methyl/N-ethyl adjacent to an activating group) is 1. The monoisotopic (exact) mass is 497 g/mol. The van der Waals surface area contributed by atoms with Crippen molar-refractivity contribution in [3.63, 3.8) is 0 Å². The molecule has 2 aromatic carbocycles. The molecular formula is C22H31N3O6S2. The van der Waals surface area contributed by atoms with E-state index in [1.807, 2.05) is 6.92 Å². The van der Waals surface area contributed by atoms with Gasteiger partial charge >= 0.3 is 0 Å². The van der Waals surface area contributed by atoms with Crippen molar-refractivity contribution in [2.45, 2.75) is 37.5 Å². The Balaban J connectivity index is 2.26. The Hall–Kier alpha value is -2.47. The van der Waals surface area contributed by atoms with Gasteiger partial charge in [0.15, 0.2) is 0 Å². The summed E-state index contributed by atoms with van der Waals surface area (Å²) in [6, 6.07) is 8.97. The topological polar surface area (TPSA) is 113 Å². The van der Waals surface area contributed by atoms with Crippen LogP contribution in [0, 0.1) is 13.8 Å². The first-order valence-corrected chi connectivity index (χ1v) is 13.3. The van der Waals surface area contributed by atoms with E-state index in [4.69, 9.17) is 4.74 Å². The van der Waals surface area contributed by atoms with Crippen LogP contribution in [0.5, 0.6) is 5.75 Å².